The lowest BCUT2D eigenvalue weighted by Gasteiger charge is -2.18. The van der Waals surface area contributed by atoms with E-state index < -0.39 is 10.0 Å². The molecule has 1 saturated carbocycles. The second-order valence-electron chi connectivity index (χ2n) is 7.02. The van der Waals surface area contributed by atoms with Gasteiger partial charge in [-0.2, -0.15) is 0 Å². The van der Waals surface area contributed by atoms with Gasteiger partial charge in [0.15, 0.2) is 0 Å². The molecule has 0 spiro atoms. The van der Waals surface area contributed by atoms with E-state index in [0.717, 1.165) is 18.4 Å². The Morgan fingerprint density at radius 1 is 1.18 bits per heavy atom. The van der Waals surface area contributed by atoms with E-state index in [2.05, 4.69) is 15.0 Å². The molecule has 1 atom stereocenters. The Bertz CT molecular complexity index is 1030. The van der Waals surface area contributed by atoms with Crippen LogP contribution in [-0.4, -0.2) is 26.7 Å². The van der Waals surface area contributed by atoms with Crippen LogP contribution in [-0.2, 0) is 14.8 Å². The van der Waals surface area contributed by atoms with Crippen LogP contribution in [0, 0.1) is 5.92 Å². The summed E-state index contributed by atoms with van der Waals surface area (Å²) in [5, 5.41) is 3.75. The van der Waals surface area contributed by atoms with E-state index >= 15 is 0 Å². The van der Waals surface area contributed by atoms with E-state index in [1.54, 1.807) is 24.3 Å². The fourth-order valence-corrected chi connectivity index (χ4v) is 4.72. The highest BCUT2D eigenvalue weighted by atomic mass is 35.5. The van der Waals surface area contributed by atoms with Gasteiger partial charge >= 0.3 is 0 Å². The highest BCUT2D eigenvalue weighted by Crippen LogP contribution is 2.41. The summed E-state index contributed by atoms with van der Waals surface area (Å²) in [4.78, 5) is 16.9. The average Bonchev–Trinajstić information content (AvgIpc) is 3.47. The molecule has 0 unspecified atom stereocenters. The van der Waals surface area contributed by atoms with E-state index in [0.29, 0.717) is 22.3 Å². The van der Waals surface area contributed by atoms with E-state index in [1.165, 1.54) is 0 Å². The number of hydrogen-bond acceptors (Lipinski definition) is 4. The van der Waals surface area contributed by atoms with Crippen molar-refractivity contribution in [1.29, 1.82) is 0 Å². The maximum absolute atomic E-state index is 12.4. The highest BCUT2D eigenvalue weighted by Gasteiger charge is 2.33. The monoisotopic (exact) mass is 417 g/mol. The third-order valence-corrected chi connectivity index (χ3v) is 6.56. The number of fused-ring (bicyclic) bond motifs is 1. The number of amides is 1. The van der Waals surface area contributed by atoms with Crippen LogP contribution < -0.4 is 10.0 Å². The van der Waals surface area contributed by atoms with Gasteiger partial charge in [-0.25, -0.2) is 8.42 Å². The summed E-state index contributed by atoms with van der Waals surface area (Å²) in [5.74, 6) is 0.634. The maximum atomic E-state index is 12.4. The number of nitrogens with one attached hydrogen (secondary N) is 2. The molecule has 0 bridgehead atoms. The van der Waals surface area contributed by atoms with Gasteiger partial charge in [0.25, 0.3) is 10.0 Å². The number of nitrogens with zero attached hydrogens (tertiary/aromatic N) is 1. The van der Waals surface area contributed by atoms with E-state index in [-0.39, 0.29) is 29.8 Å². The van der Waals surface area contributed by atoms with Crippen LogP contribution >= 0.6 is 11.6 Å². The number of amidine groups is 1. The Morgan fingerprint density at radius 3 is 2.61 bits per heavy atom. The molecule has 2 aromatic carbocycles. The van der Waals surface area contributed by atoms with Gasteiger partial charge in [-0.15, -0.1) is 0 Å². The number of carbonyl (C=O) groups excluding carboxylic acids is 1. The minimum atomic E-state index is -3.56. The Balaban J connectivity index is 1.39. The van der Waals surface area contributed by atoms with Crippen molar-refractivity contribution in [2.75, 3.05) is 6.54 Å². The minimum absolute atomic E-state index is 0.0249. The van der Waals surface area contributed by atoms with Crippen molar-refractivity contribution in [2.24, 2.45) is 10.9 Å². The molecule has 0 radical (unpaired) electrons. The van der Waals surface area contributed by atoms with Gasteiger partial charge in [0.2, 0.25) is 5.91 Å². The second-order valence-corrected chi connectivity index (χ2v) is 9.10. The fraction of sp³-hybridized carbons (Fsp3) is 0.300. The van der Waals surface area contributed by atoms with Gasteiger partial charge in [-0.1, -0.05) is 35.9 Å². The predicted molar refractivity (Wildman–Crippen MR) is 108 cm³/mol. The molecule has 2 aromatic rings. The van der Waals surface area contributed by atoms with Crippen LogP contribution in [0.1, 0.15) is 36.4 Å². The van der Waals surface area contributed by atoms with E-state index in [9.17, 15) is 13.2 Å². The molecule has 1 aliphatic carbocycles. The van der Waals surface area contributed by atoms with Crippen molar-refractivity contribution in [3.05, 3.63) is 64.7 Å². The van der Waals surface area contributed by atoms with Crippen LogP contribution in [0.4, 0.5) is 0 Å². The lowest BCUT2D eigenvalue weighted by Crippen LogP contribution is -2.30. The second kappa shape index (κ2) is 7.56. The Hall–Kier alpha value is -2.38. The number of benzene rings is 2. The third kappa shape index (κ3) is 4.05. The third-order valence-electron chi connectivity index (χ3n) is 4.91. The first kappa shape index (κ1) is 19.0. The Morgan fingerprint density at radius 2 is 1.89 bits per heavy atom. The van der Waals surface area contributed by atoms with Crippen molar-refractivity contribution < 1.29 is 13.2 Å². The van der Waals surface area contributed by atoms with Crippen molar-refractivity contribution in [2.45, 2.75) is 30.2 Å². The topological polar surface area (TPSA) is 87.6 Å². The summed E-state index contributed by atoms with van der Waals surface area (Å²) in [6.07, 6.45) is 2.37. The summed E-state index contributed by atoms with van der Waals surface area (Å²) >= 11 is 5.95. The first-order chi connectivity index (χ1) is 13.4. The van der Waals surface area contributed by atoms with Gasteiger partial charge in [-0.05, 0) is 48.6 Å². The summed E-state index contributed by atoms with van der Waals surface area (Å²) < 4.78 is 26.6. The molecular weight excluding hydrogens is 398 g/mol. The van der Waals surface area contributed by atoms with E-state index in [4.69, 9.17) is 11.6 Å². The number of carbonyl (C=O) groups is 1. The molecule has 1 fully saturated rings. The van der Waals surface area contributed by atoms with Gasteiger partial charge < -0.3 is 5.32 Å². The van der Waals surface area contributed by atoms with Crippen molar-refractivity contribution >= 4 is 33.4 Å². The van der Waals surface area contributed by atoms with Crippen molar-refractivity contribution in [3.8, 4) is 0 Å². The van der Waals surface area contributed by atoms with Crippen molar-refractivity contribution in [1.82, 2.24) is 10.0 Å². The first-order valence-corrected chi connectivity index (χ1v) is 11.0. The molecule has 4 rings (SSSR count). The fourth-order valence-electron chi connectivity index (χ4n) is 3.34. The lowest BCUT2D eigenvalue weighted by atomic mass is 10.0. The SMILES string of the molecule is O=C(CCN=C1NS(=O)(=O)c2ccccc21)N[C@@H](c1ccc(Cl)cc1)C1CC1. The number of sulfonamides is 1. The number of hydrogen-bond donors (Lipinski definition) is 2. The zero-order valence-corrected chi connectivity index (χ0v) is 16.6. The van der Waals surface area contributed by atoms with Crippen LogP contribution in [0.3, 0.4) is 0 Å². The molecule has 2 aliphatic rings. The van der Waals surface area contributed by atoms with Crippen LogP contribution in [0.2, 0.25) is 5.02 Å². The summed E-state index contributed by atoms with van der Waals surface area (Å²) in [7, 11) is -3.56. The zero-order valence-electron chi connectivity index (χ0n) is 15.1. The molecule has 6 nitrogen and oxygen atoms in total. The minimum Gasteiger partial charge on any atom is -0.349 e. The summed E-state index contributed by atoms with van der Waals surface area (Å²) in [6.45, 7) is 0.204. The molecule has 1 heterocycles. The highest BCUT2D eigenvalue weighted by molar-refractivity contribution is 7.90. The normalized spacial score (nSPS) is 19.7. The maximum Gasteiger partial charge on any atom is 0.263 e. The quantitative estimate of drug-likeness (QED) is 0.757. The first-order valence-electron chi connectivity index (χ1n) is 9.15. The Labute approximate surface area is 169 Å². The predicted octanol–water partition coefficient (Wildman–Crippen LogP) is 3.04. The molecule has 0 saturated heterocycles. The van der Waals surface area contributed by atoms with Crippen LogP contribution in [0.5, 0.6) is 0 Å². The zero-order chi connectivity index (χ0) is 19.7. The summed E-state index contributed by atoms with van der Waals surface area (Å²) in [5.41, 5.74) is 1.59. The number of rotatable bonds is 6. The average molecular weight is 418 g/mol. The molecule has 8 heteroatoms. The smallest absolute Gasteiger partial charge is 0.263 e. The molecule has 2 N–H and O–H groups in total. The van der Waals surface area contributed by atoms with Gasteiger partial charge in [0.05, 0.1) is 17.5 Å². The van der Waals surface area contributed by atoms with Gasteiger partial charge in [0, 0.05) is 17.0 Å². The molecule has 28 heavy (non-hydrogen) atoms. The summed E-state index contributed by atoms with van der Waals surface area (Å²) in [6, 6.07) is 14.2. The lowest BCUT2D eigenvalue weighted by molar-refractivity contribution is -0.121. The molecule has 146 valence electrons. The van der Waals surface area contributed by atoms with Gasteiger partial charge in [-0.3, -0.25) is 14.5 Å². The van der Waals surface area contributed by atoms with Crippen molar-refractivity contribution in [3.63, 3.8) is 0 Å². The molecule has 1 amide bonds. The number of halogens is 1. The molecule has 1 aliphatic heterocycles. The largest absolute Gasteiger partial charge is 0.349 e. The standard InChI is InChI=1S/C20H20ClN3O3S/c21-15-9-7-14(8-10-15)19(13-5-6-13)23-18(25)11-12-22-20-16-3-1-2-4-17(16)28(26,27)24-20/h1-4,7-10,13,19H,5-6,11-12H2,(H,22,24)(H,23,25)/t19-/m1/s1. The number of aliphatic imine (C=N–C) groups is 1. The molecular formula is C20H20ClN3O3S. The molecule has 0 aromatic heterocycles. The van der Waals surface area contributed by atoms with Crippen LogP contribution in [0.15, 0.2) is 58.4 Å². The van der Waals surface area contributed by atoms with E-state index in [1.807, 2.05) is 24.3 Å². The Kier molecular flexibility index (Phi) is 5.12. The van der Waals surface area contributed by atoms with Crippen LogP contribution in [0.25, 0.3) is 0 Å². The van der Waals surface area contributed by atoms with Gasteiger partial charge in [0.1, 0.15) is 5.84 Å².